The van der Waals surface area contributed by atoms with E-state index >= 15 is 0 Å². The van der Waals surface area contributed by atoms with Gasteiger partial charge >= 0.3 is 0 Å². The lowest BCUT2D eigenvalue weighted by molar-refractivity contribution is 0.0724. The molecular formula is C14H15BrN2O3S. The van der Waals surface area contributed by atoms with Crippen LogP contribution in [0, 0.1) is 12.3 Å². The van der Waals surface area contributed by atoms with Crippen molar-refractivity contribution in [2.24, 2.45) is 0 Å². The number of terminal acetylenes is 1. The van der Waals surface area contributed by atoms with Gasteiger partial charge in [0.2, 0.25) is 0 Å². The van der Waals surface area contributed by atoms with Crippen molar-refractivity contribution in [1.82, 2.24) is 4.90 Å². The Bertz CT molecular complexity index is 709. The van der Waals surface area contributed by atoms with Gasteiger partial charge in [0.15, 0.2) is 9.84 Å². The molecule has 5 nitrogen and oxygen atoms in total. The van der Waals surface area contributed by atoms with E-state index in [0.717, 1.165) is 0 Å². The summed E-state index contributed by atoms with van der Waals surface area (Å²) in [5.74, 6) is 2.18. The smallest absolute Gasteiger partial charge is 0.254 e. The number of sulfone groups is 1. The molecule has 2 N–H and O–H groups in total. The number of carbonyl (C=O) groups excluding carboxylic acids is 1. The van der Waals surface area contributed by atoms with Crippen LogP contribution in [0.2, 0.25) is 0 Å². The maximum atomic E-state index is 12.6. The molecular weight excluding hydrogens is 356 g/mol. The monoisotopic (exact) mass is 370 g/mol. The van der Waals surface area contributed by atoms with E-state index in [2.05, 4.69) is 21.9 Å². The van der Waals surface area contributed by atoms with Crippen LogP contribution in [-0.2, 0) is 9.84 Å². The van der Waals surface area contributed by atoms with Crippen molar-refractivity contribution in [3.05, 3.63) is 28.2 Å². The topological polar surface area (TPSA) is 80.5 Å². The molecule has 1 fully saturated rings. The van der Waals surface area contributed by atoms with Gasteiger partial charge in [0.05, 0.1) is 18.1 Å². The first-order valence-electron chi connectivity index (χ1n) is 6.34. The minimum absolute atomic E-state index is 0.0353. The van der Waals surface area contributed by atoms with Crippen molar-refractivity contribution in [3.63, 3.8) is 0 Å². The summed E-state index contributed by atoms with van der Waals surface area (Å²) in [6, 6.07) is 4.50. The molecule has 1 aliphatic heterocycles. The average molecular weight is 371 g/mol. The molecule has 2 rings (SSSR count). The fourth-order valence-electron chi connectivity index (χ4n) is 2.33. The fraction of sp³-hybridized carbons (Fsp3) is 0.357. The molecule has 0 aromatic heterocycles. The number of hydrogen-bond donors (Lipinski definition) is 1. The van der Waals surface area contributed by atoms with Gasteiger partial charge in [-0.15, -0.1) is 6.42 Å². The second kappa shape index (κ2) is 6.08. The van der Waals surface area contributed by atoms with Gasteiger partial charge in [0.25, 0.3) is 5.91 Å². The Kier molecular flexibility index (Phi) is 4.59. The summed E-state index contributed by atoms with van der Waals surface area (Å²) in [7, 11) is -3.08. The van der Waals surface area contributed by atoms with E-state index in [-0.39, 0.29) is 30.0 Å². The lowest BCUT2D eigenvalue weighted by Gasteiger charge is -2.26. The van der Waals surface area contributed by atoms with Gasteiger partial charge < -0.3 is 10.6 Å². The fourth-order valence-corrected chi connectivity index (χ4v) is 4.31. The molecule has 0 radical (unpaired) electrons. The van der Waals surface area contributed by atoms with Gasteiger partial charge in [-0.25, -0.2) is 8.42 Å². The maximum absolute atomic E-state index is 12.6. The summed E-state index contributed by atoms with van der Waals surface area (Å²) in [5, 5.41) is 0. The zero-order valence-electron chi connectivity index (χ0n) is 11.3. The van der Waals surface area contributed by atoms with Crippen molar-refractivity contribution in [2.45, 2.75) is 12.5 Å². The zero-order valence-corrected chi connectivity index (χ0v) is 13.7. The van der Waals surface area contributed by atoms with Crippen LogP contribution >= 0.6 is 15.9 Å². The molecule has 112 valence electrons. The molecule has 0 aliphatic carbocycles. The minimum atomic E-state index is -3.08. The number of nitrogens with two attached hydrogens (primary N) is 1. The predicted molar refractivity (Wildman–Crippen MR) is 85.5 cm³/mol. The molecule has 1 aliphatic rings. The highest BCUT2D eigenvalue weighted by molar-refractivity contribution is 9.10. The van der Waals surface area contributed by atoms with Crippen LogP contribution in [0.5, 0.6) is 0 Å². The SMILES string of the molecule is C#CCN(C(=O)c1ccc(Br)c(N)c1)C1CCS(=O)(=O)C1. The van der Waals surface area contributed by atoms with Crippen LogP contribution in [0.3, 0.4) is 0 Å². The number of nitrogens with zero attached hydrogens (tertiary/aromatic N) is 1. The van der Waals surface area contributed by atoms with Crippen LogP contribution in [0.1, 0.15) is 16.8 Å². The largest absolute Gasteiger partial charge is 0.398 e. The van der Waals surface area contributed by atoms with E-state index in [1.807, 2.05) is 0 Å². The zero-order chi connectivity index (χ0) is 15.6. The van der Waals surface area contributed by atoms with Crippen molar-refractivity contribution >= 4 is 37.4 Å². The Morgan fingerprint density at radius 1 is 1.52 bits per heavy atom. The van der Waals surface area contributed by atoms with Crippen LogP contribution in [0.15, 0.2) is 22.7 Å². The molecule has 0 saturated carbocycles. The Labute approximate surface area is 132 Å². The average Bonchev–Trinajstić information content (AvgIpc) is 2.78. The van der Waals surface area contributed by atoms with E-state index in [0.29, 0.717) is 22.1 Å². The lowest BCUT2D eigenvalue weighted by Crippen LogP contribution is -2.41. The van der Waals surface area contributed by atoms with Crippen molar-refractivity contribution < 1.29 is 13.2 Å². The quantitative estimate of drug-likeness (QED) is 0.642. The number of carbonyl (C=O) groups is 1. The summed E-state index contributed by atoms with van der Waals surface area (Å²) in [4.78, 5) is 14.0. The van der Waals surface area contributed by atoms with Gasteiger partial charge in [-0.2, -0.15) is 0 Å². The number of rotatable bonds is 3. The Morgan fingerprint density at radius 3 is 2.76 bits per heavy atom. The third-order valence-electron chi connectivity index (χ3n) is 3.41. The summed E-state index contributed by atoms with van der Waals surface area (Å²) in [5.41, 5.74) is 6.62. The molecule has 21 heavy (non-hydrogen) atoms. The van der Waals surface area contributed by atoms with Crippen molar-refractivity contribution in [3.8, 4) is 12.3 Å². The third-order valence-corrected chi connectivity index (χ3v) is 5.89. The van der Waals surface area contributed by atoms with Crippen LogP contribution in [-0.4, -0.2) is 43.3 Å². The molecule has 1 heterocycles. The highest BCUT2D eigenvalue weighted by Crippen LogP contribution is 2.23. The number of halogens is 1. The molecule has 1 aromatic rings. The first kappa shape index (κ1) is 15.9. The van der Waals surface area contributed by atoms with E-state index in [1.54, 1.807) is 18.2 Å². The van der Waals surface area contributed by atoms with Gasteiger partial charge in [-0.05, 0) is 40.5 Å². The standard InChI is InChI=1S/C14H15BrN2O3S/c1-2-6-17(11-5-7-21(19,20)9-11)14(18)10-3-4-12(15)13(16)8-10/h1,3-4,8,11H,5-7,9,16H2. The Balaban J connectivity index is 2.28. The van der Waals surface area contributed by atoms with Crippen molar-refractivity contribution in [2.75, 3.05) is 23.8 Å². The first-order chi connectivity index (χ1) is 9.84. The summed E-state index contributed by atoms with van der Waals surface area (Å²) < 4.78 is 23.9. The van der Waals surface area contributed by atoms with E-state index < -0.39 is 9.84 Å². The lowest BCUT2D eigenvalue weighted by atomic mass is 10.1. The maximum Gasteiger partial charge on any atom is 0.254 e. The molecule has 1 amide bonds. The summed E-state index contributed by atoms with van der Waals surface area (Å²) in [6.45, 7) is 0.0784. The number of hydrogen-bond acceptors (Lipinski definition) is 4. The minimum Gasteiger partial charge on any atom is -0.398 e. The van der Waals surface area contributed by atoms with Gasteiger partial charge in [0, 0.05) is 21.8 Å². The van der Waals surface area contributed by atoms with E-state index in [1.165, 1.54) is 4.90 Å². The van der Waals surface area contributed by atoms with E-state index in [4.69, 9.17) is 12.2 Å². The second-order valence-corrected chi connectivity index (χ2v) is 8.01. The third kappa shape index (κ3) is 3.57. The number of nitrogen functional groups attached to an aromatic ring is 1. The Morgan fingerprint density at radius 2 is 2.24 bits per heavy atom. The number of amides is 1. The highest BCUT2D eigenvalue weighted by atomic mass is 79.9. The molecule has 7 heteroatoms. The Hall–Kier alpha value is -1.52. The molecule has 1 aromatic carbocycles. The highest BCUT2D eigenvalue weighted by Gasteiger charge is 2.34. The predicted octanol–water partition coefficient (Wildman–Crippen LogP) is 1.29. The van der Waals surface area contributed by atoms with Gasteiger partial charge in [0.1, 0.15) is 0 Å². The molecule has 1 saturated heterocycles. The van der Waals surface area contributed by atoms with Crippen molar-refractivity contribution in [1.29, 1.82) is 0 Å². The molecule has 0 bridgehead atoms. The normalized spacial score (nSPS) is 19.9. The molecule has 1 atom stereocenters. The second-order valence-electron chi connectivity index (χ2n) is 4.93. The summed E-state index contributed by atoms with van der Waals surface area (Å²) in [6.07, 6.45) is 5.73. The molecule has 1 unspecified atom stereocenters. The van der Waals surface area contributed by atoms with Crippen LogP contribution < -0.4 is 5.73 Å². The first-order valence-corrected chi connectivity index (χ1v) is 8.95. The van der Waals surface area contributed by atoms with Crippen LogP contribution in [0.4, 0.5) is 5.69 Å². The van der Waals surface area contributed by atoms with Gasteiger partial charge in [-0.1, -0.05) is 5.92 Å². The number of anilines is 1. The number of benzene rings is 1. The molecule has 0 spiro atoms. The van der Waals surface area contributed by atoms with Gasteiger partial charge in [-0.3, -0.25) is 4.79 Å². The van der Waals surface area contributed by atoms with E-state index in [9.17, 15) is 13.2 Å². The van der Waals surface area contributed by atoms with Crippen LogP contribution in [0.25, 0.3) is 0 Å². The summed E-state index contributed by atoms with van der Waals surface area (Å²) >= 11 is 3.27.